The molecule has 1 fully saturated rings. The molecule has 1 aromatic heterocycles. The van der Waals surface area contributed by atoms with E-state index in [1.807, 2.05) is 6.92 Å². The summed E-state index contributed by atoms with van der Waals surface area (Å²) in [6, 6.07) is 0.227. The van der Waals surface area contributed by atoms with Gasteiger partial charge in [-0.15, -0.1) is 0 Å². The summed E-state index contributed by atoms with van der Waals surface area (Å²) in [7, 11) is 1.43. The number of carbonyl (C=O) groups is 1. The Morgan fingerprint density at radius 2 is 2.37 bits per heavy atom. The van der Waals surface area contributed by atoms with Gasteiger partial charge in [-0.1, -0.05) is 18.5 Å². The van der Waals surface area contributed by atoms with Gasteiger partial charge in [-0.05, 0) is 19.4 Å². The largest absolute Gasteiger partial charge is 0.469 e. The zero-order chi connectivity index (χ0) is 13.7. The van der Waals surface area contributed by atoms with Crippen LogP contribution in [0.15, 0.2) is 4.52 Å². The second kappa shape index (κ2) is 6.65. The summed E-state index contributed by atoms with van der Waals surface area (Å²) in [6.45, 7) is 3.60. The van der Waals surface area contributed by atoms with Crippen LogP contribution in [0, 0.1) is 0 Å². The number of rotatable bonds is 5. The van der Waals surface area contributed by atoms with E-state index >= 15 is 0 Å². The Balaban J connectivity index is 1.96. The molecule has 0 amide bonds. The Hall–Kier alpha value is -1.43. The molecular weight excluding hydrogens is 246 g/mol. The van der Waals surface area contributed by atoms with Crippen molar-refractivity contribution in [3.05, 3.63) is 11.7 Å². The predicted molar refractivity (Wildman–Crippen MR) is 68.4 cm³/mol. The number of hydrogen-bond donors (Lipinski definition) is 0. The Kier molecular flexibility index (Phi) is 4.90. The van der Waals surface area contributed by atoms with Crippen molar-refractivity contribution in [1.29, 1.82) is 0 Å². The van der Waals surface area contributed by atoms with Crippen LogP contribution in [0.4, 0.5) is 0 Å². The topological polar surface area (TPSA) is 68.5 Å². The Bertz CT molecular complexity index is 419. The van der Waals surface area contributed by atoms with Gasteiger partial charge in [-0.25, -0.2) is 0 Å². The molecule has 106 valence electrons. The van der Waals surface area contributed by atoms with Gasteiger partial charge in [0.2, 0.25) is 5.89 Å². The van der Waals surface area contributed by atoms with Gasteiger partial charge in [-0.3, -0.25) is 9.69 Å². The fourth-order valence-corrected chi connectivity index (χ4v) is 2.45. The highest BCUT2D eigenvalue weighted by atomic mass is 16.5. The van der Waals surface area contributed by atoms with Gasteiger partial charge >= 0.3 is 5.97 Å². The van der Waals surface area contributed by atoms with Gasteiger partial charge in [0, 0.05) is 12.5 Å². The highest BCUT2D eigenvalue weighted by molar-refractivity contribution is 5.69. The molecule has 1 atom stereocenters. The lowest BCUT2D eigenvalue weighted by molar-refractivity contribution is -0.142. The lowest BCUT2D eigenvalue weighted by Gasteiger charge is -2.34. The van der Waals surface area contributed by atoms with E-state index < -0.39 is 0 Å². The minimum atomic E-state index is -0.153. The lowest BCUT2D eigenvalue weighted by Crippen LogP contribution is -2.40. The van der Waals surface area contributed by atoms with Crippen molar-refractivity contribution in [2.45, 2.75) is 51.6 Å². The number of ether oxygens (including phenoxy) is 1. The number of piperidine rings is 1. The number of methoxy groups -OCH3 is 1. The van der Waals surface area contributed by atoms with Crippen molar-refractivity contribution in [3.63, 3.8) is 0 Å². The minimum absolute atomic E-state index is 0.153. The van der Waals surface area contributed by atoms with Gasteiger partial charge in [0.1, 0.15) is 0 Å². The number of esters is 1. The summed E-state index contributed by atoms with van der Waals surface area (Å²) >= 11 is 0. The first-order valence-electron chi connectivity index (χ1n) is 6.85. The van der Waals surface area contributed by atoms with Crippen LogP contribution in [-0.2, 0) is 22.5 Å². The maximum atomic E-state index is 11.4. The molecule has 0 bridgehead atoms. The second-order valence-electron chi connectivity index (χ2n) is 4.86. The Labute approximate surface area is 113 Å². The first kappa shape index (κ1) is 14.0. The standard InChI is InChI=1S/C13H21N3O3/c1-3-12-14-11(15-19-12)9-16-7-5-4-6-10(16)8-13(17)18-2/h10H,3-9H2,1-2H3. The molecule has 0 radical (unpaired) electrons. The number of likely N-dealkylation sites (tertiary alicyclic amines) is 1. The van der Waals surface area contributed by atoms with Crippen molar-refractivity contribution >= 4 is 5.97 Å². The summed E-state index contributed by atoms with van der Waals surface area (Å²) in [5.74, 6) is 1.21. The average molecular weight is 267 g/mol. The number of aromatic nitrogens is 2. The van der Waals surface area contributed by atoms with Crippen molar-refractivity contribution < 1.29 is 14.1 Å². The molecule has 1 saturated heterocycles. The van der Waals surface area contributed by atoms with Gasteiger partial charge in [0.15, 0.2) is 5.82 Å². The summed E-state index contributed by atoms with van der Waals surface area (Å²) < 4.78 is 9.87. The van der Waals surface area contributed by atoms with Crippen molar-refractivity contribution in [3.8, 4) is 0 Å². The molecule has 0 aromatic carbocycles. The molecular formula is C13H21N3O3. The van der Waals surface area contributed by atoms with E-state index in [0.717, 1.165) is 32.2 Å². The maximum Gasteiger partial charge on any atom is 0.307 e. The van der Waals surface area contributed by atoms with Gasteiger partial charge in [-0.2, -0.15) is 4.98 Å². The second-order valence-corrected chi connectivity index (χ2v) is 4.86. The van der Waals surface area contributed by atoms with Crippen LogP contribution in [0.5, 0.6) is 0 Å². The third-order valence-corrected chi connectivity index (χ3v) is 3.54. The van der Waals surface area contributed by atoms with Gasteiger partial charge in [0.25, 0.3) is 0 Å². The summed E-state index contributed by atoms with van der Waals surface area (Å²) in [4.78, 5) is 18.0. The fraction of sp³-hybridized carbons (Fsp3) is 0.769. The molecule has 1 aromatic rings. The van der Waals surface area contributed by atoms with Crippen LogP contribution in [-0.4, -0.2) is 40.7 Å². The highest BCUT2D eigenvalue weighted by Crippen LogP contribution is 2.21. The van der Waals surface area contributed by atoms with E-state index in [4.69, 9.17) is 9.26 Å². The summed E-state index contributed by atoms with van der Waals surface area (Å²) in [5, 5.41) is 3.97. The molecule has 1 aliphatic heterocycles. The zero-order valence-corrected chi connectivity index (χ0v) is 11.6. The third-order valence-electron chi connectivity index (χ3n) is 3.54. The Morgan fingerprint density at radius 1 is 1.53 bits per heavy atom. The smallest absolute Gasteiger partial charge is 0.307 e. The van der Waals surface area contributed by atoms with Crippen molar-refractivity contribution in [2.24, 2.45) is 0 Å². The van der Waals surface area contributed by atoms with E-state index in [9.17, 15) is 4.79 Å². The Morgan fingerprint density at radius 3 is 3.05 bits per heavy atom. The van der Waals surface area contributed by atoms with E-state index in [0.29, 0.717) is 24.7 Å². The highest BCUT2D eigenvalue weighted by Gasteiger charge is 2.26. The lowest BCUT2D eigenvalue weighted by atomic mass is 9.99. The molecule has 6 nitrogen and oxygen atoms in total. The third kappa shape index (κ3) is 3.76. The summed E-state index contributed by atoms with van der Waals surface area (Å²) in [5.41, 5.74) is 0. The molecule has 19 heavy (non-hydrogen) atoms. The average Bonchev–Trinajstić information content (AvgIpc) is 2.88. The summed E-state index contributed by atoms with van der Waals surface area (Å²) in [6.07, 6.45) is 4.52. The SMILES string of the molecule is CCc1nc(CN2CCCCC2CC(=O)OC)no1. The molecule has 0 aliphatic carbocycles. The molecule has 2 heterocycles. The van der Waals surface area contributed by atoms with Crippen LogP contribution in [0.2, 0.25) is 0 Å². The van der Waals surface area contributed by atoms with E-state index in [-0.39, 0.29) is 12.0 Å². The van der Waals surface area contributed by atoms with E-state index in [1.165, 1.54) is 7.11 Å². The van der Waals surface area contributed by atoms with E-state index in [2.05, 4.69) is 15.0 Å². The number of nitrogens with zero attached hydrogens (tertiary/aromatic N) is 3. The quantitative estimate of drug-likeness (QED) is 0.754. The van der Waals surface area contributed by atoms with Crippen LogP contribution in [0.3, 0.4) is 0 Å². The molecule has 0 saturated carbocycles. The van der Waals surface area contributed by atoms with Gasteiger partial charge in [0.05, 0.1) is 20.1 Å². The van der Waals surface area contributed by atoms with Crippen LogP contribution in [0.25, 0.3) is 0 Å². The molecule has 2 rings (SSSR count). The first-order chi connectivity index (χ1) is 9.22. The fourth-order valence-electron chi connectivity index (χ4n) is 2.45. The van der Waals surface area contributed by atoms with E-state index in [1.54, 1.807) is 0 Å². The molecule has 0 spiro atoms. The van der Waals surface area contributed by atoms with Crippen molar-refractivity contribution in [1.82, 2.24) is 15.0 Å². The molecule has 6 heteroatoms. The van der Waals surface area contributed by atoms with Crippen LogP contribution < -0.4 is 0 Å². The molecule has 1 aliphatic rings. The first-order valence-corrected chi connectivity index (χ1v) is 6.85. The maximum absolute atomic E-state index is 11.4. The molecule has 0 N–H and O–H groups in total. The number of hydrogen-bond acceptors (Lipinski definition) is 6. The zero-order valence-electron chi connectivity index (χ0n) is 11.6. The van der Waals surface area contributed by atoms with Gasteiger partial charge < -0.3 is 9.26 Å². The normalized spacial score (nSPS) is 20.4. The van der Waals surface area contributed by atoms with Crippen molar-refractivity contribution in [2.75, 3.05) is 13.7 Å². The predicted octanol–water partition coefficient (Wildman–Crippen LogP) is 1.55. The monoisotopic (exact) mass is 267 g/mol. The minimum Gasteiger partial charge on any atom is -0.469 e. The molecule has 1 unspecified atom stereocenters. The number of aryl methyl sites for hydroxylation is 1. The van der Waals surface area contributed by atoms with Crippen LogP contribution in [0.1, 0.15) is 44.3 Å². The van der Waals surface area contributed by atoms with Crippen LogP contribution >= 0.6 is 0 Å². The number of carbonyl (C=O) groups excluding carboxylic acids is 1.